The molecule has 118 valence electrons. The summed E-state index contributed by atoms with van der Waals surface area (Å²) < 4.78 is 5.36. The van der Waals surface area contributed by atoms with Crippen LogP contribution in [-0.4, -0.2) is 19.1 Å². The molecule has 1 aliphatic carbocycles. The van der Waals surface area contributed by atoms with E-state index in [0.29, 0.717) is 6.54 Å². The highest BCUT2D eigenvalue weighted by Crippen LogP contribution is 2.22. The first-order valence-electron chi connectivity index (χ1n) is 7.60. The number of carbonyl (C=O) groups is 1. The Labute approximate surface area is 132 Å². The summed E-state index contributed by atoms with van der Waals surface area (Å²) in [6.07, 6.45) is 8.33. The van der Waals surface area contributed by atoms with Crippen molar-refractivity contribution in [1.82, 2.24) is 5.32 Å². The molecule has 4 heteroatoms. The number of carbonyl (C=O) groups excluding carboxylic acids is 1. The van der Waals surface area contributed by atoms with Gasteiger partial charge < -0.3 is 15.8 Å². The van der Waals surface area contributed by atoms with Gasteiger partial charge in [-0.2, -0.15) is 0 Å². The molecule has 0 unspecified atom stereocenters. The molecule has 0 heterocycles. The predicted molar refractivity (Wildman–Crippen MR) is 88.6 cm³/mol. The Kier molecular flexibility index (Phi) is 5.78. The van der Waals surface area contributed by atoms with Crippen LogP contribution in [0.2, 0.25) is 0 Å². The van der Waals surface area contributed by atoms with Crippen molar-refractivity contribution in [2.45, 2.75) is 31.8 Å². The highest BCUT2D eigenvalue weighted by molar-refractivity contribution is 5.77. The summed E-state index contributed by atoms with van der Waals surface area (Å²) in [7, 11) is 1.67. The minimum atomic E-state index is -0.232. The average molecular weight is 300 g/mol. The summed E-state index contributed by atoms with van der Waals surface area (Å²) in [4.78, 5) is 11.5. The summed E-state index contributed by atoms with van der Waals surface area (Å²) in [5, 5.41) is 3.46. The number of hydrogen-bond acceptors (Lipinski definition) is 3. The Morgan fingerprint density at radius 3 is 2.91 bits per heavy atom. The van der Waals surface area contributed by atoms with E-state index in [-0.39, 0.29) is 17.9 Å². The number of amides is 1. The fourth-order valence-corrected chi connectivity index (χ4v) is 2.86. The maximum Gasteiger partial charge on any atom is 0.222 e. The van der Waals surface area contributed by atoms with Gasteiger partial charge in [0.25, 0.3) is 0 Å². The molecule has 0 radical (unpaired) electrons. The Bertz CT molecular complexity index is 566. The Hall–Kier alpha value is -2.07. The molecule has 1 aromatic rings. The van der Waals surface area contributed by atoms with Gasteiger partial charge in [0.2, 0.25) is 5.91 Å². The van der Waals surface area contributed by atoms with E-state index in [1.807, 2.05) is 24.3 Å². The van der Waals surface area contributed by atoms with Crippen LogP contribution in [-0.2, 0) is 17.8 Å². The molecular weight excluding hydrogens is 276 g/mol. The molecule has 0 bridgehead atoms. The molecule has 4 nitrogen and oxygen atoms in total. The minimum Gasteiger partial charge on any atom is -0.496 e. The van der Waals surface area contributed by atoms with Crippen molar-refractivity contribution < 1.29 is 9.53 Å². The van der Waals surface area contributed by atoms with E-state index < -0.39 is 0 Å². The molecule has 0 spiro atoms. The lowest BCUT2D eigenvalue weighted by atomic mass is 9.88. The van der Waals surface area contributed by atoms with Gasteiger partial charge in [-0.25, -0.2) is 0 Å². The second kappa shape index (κ2) is 7.80. The lowest BCUT2D eigenvalue weighted by Gasteiger charge is -2.27. The van der Waals surface area contributed by atoms with Crippen molar-refractivity contribution in [1.29, 1.82) is 0 Å². The Balaban J connectivity index is 2.04. The van der Waals surface area contributed by atoms with Crippen LogP contribution in [0.3, 0.4) is 0 Å². The topological polar surface area (TPSA) is 64.3 Å². The van der Waals surface area contributed by atoms with Crippen molar-refractivity contribution in [3.8, 4) is 5.75 Å². The fourth-order valence-electron chi connectivity index (χ4n) is 2.86. The first-order valence-corrected chi connectivity index (χ1v) is 7.60. The van der Waals surface area contributed by atoms with Gasteiger partial charge in [-0.05, 0) is 36.5 Å². The highest BCUT2D eigenvalue weighted by Gasteiger charge is 2.26. The summed E-state index contributed by atoms with van der Waals surface area (Å²) in [6, 6.07) is 6.23. The average Bonchev–Trinajstić information content (AvgIpc) is 2.53. The smallest absolute Gasteiger partial charge is 0.222 e. The lowest BCUT2D eigenvalue weighted by molar-refractivity contribution is -0.122. The van der Waals surface area contributed by atoms with Gasteiger partial charge in [0, 0.05) is 12.6 Å². The molecule has 2 atom stereocenters. The van der Waals surface area contributed by atoms with E-state index >= 15 is 0 Å². The van der Waals surface area contributed by atoms with Crippen molar-refractivity contribution in [3.63, 3.8) is 0 Å². The number of ether oxygens (including phenoxy) is 1. The van der Waals surface area contributed by atoms with E-state index in [0.717, 1.165) is 36.1 Å². The summed E-state index contributed by atoms with van der Waals surface area (Å²) in [6.45, 7) is 4.48. The molecule has 0 aliphatic heterocycles. The number of rotatable bonds is 7. The van der Waals surface area contributed by atoms with Crippen LogP contribution >= 0.6 is 0 Å². The van der Waals surface area contributed by atoms with Crippen molar-refractivity contribution in [3.05, 3.63) is 54.1 Å². The van der Waals surface area contributed by atoms with E-state index in [1.165, 1.54) is 0 Å². The molecule has 0 saturated carbocycles. The van der Waals surface area contributed by atoms with E-state index in [4.69, 9.17) is 10.5 Å². The number of primary amides is 1. The van der Waals surface area contributed by atoms with Crippen molar-refractivity contribution >= 4 is 5.91 Å². The standard InChI is InChI=1S/C18H24N2O2/c1-3-6-14-11-13(9-10-17(14)22-2)12-20-16-8-5-4-7-15(16)18(19)21/h3-5,9-11,15-16,20H,1,6-8,12H2,2H3,(H2,19,21)/t15-,16-/m1/s1. The SMILES string of the molecule is C=CCc1cc(CN[C@@H]2CC=CC[C@H]2C(N)=O)ccc1OC. The van der Waals surface area contributed by atoms with Gasteiger partial charge in [0.15, 0.2) is 0 Å². The molecule has 1 aromatic carbocycles. The maximum absolute atomic E-state index is 11.5. The zero-order chi connectivity index (χ0) is 15.9. The summed E-state index contributed by atoms with van der Waals surface area (Å²) in [5.41, 5.74) is 7.77. The number of allylic oxidation sites excluding steroid dienone is 2. The van der Waals surface area contributed by atoms with Crippen LogP contribution < -0.4 is 15.8 Å². The van der Waals surface area contributed by atoms with Crippen LogP contribution in [0.1, 0.15) is 24.0 Å². The van der Waals surface area contributed by atoms with E-state index in [9.17, 15) is 4.79 Å². The first-order chi connectivity index (χ1) is 10.7. The number of hydrogen-bond donors (Lipinski definition) is 2. The number of nitrogens with two attached hydrogens (primary N) is 1. The first kappa shape index (κ1) is 16.3. The zero-order valence-corrected chi connectivity index (χ0v) is 13.0. The van der Waals surface area contributed by atoms with Gasteiger partial charge in [0.1, 0.15) is 5.75 Å². The number of benzene rings is 1. The molecule has 0 saturated heterocycles. The monoisotopic (exact) mass is 300 g/mol. The molecule has 0 fully saturated rings. The number of methoxy groups -OCH3 is 1. The molecule has 2 rings (SSSR count). The largest absolute Gasteiger partial charge is 0.496 e. The van der Waals surface area contributed by atoms with Crippen molar-refractivity contribution in [2.24, 2.45) is 11.7 Å². The summed E-state index contributed by atoms with van der Waals surface area (Å²) >= 11 is 0. The Morgan fingerprint density at radius 2 is 2.23 bits per heavy atom. The Morgan fingerprint density at radius 1 is 1.45 bits per heavy atom. The normalized spacial score (nSPS) is 20.6. The van der Waals surface area contributed by atoms with Gasteiger partial charge in [-0.3, -0.25) is 4.79 Å². The third kappa shape index (κ3) is 3.98. The second-order valence-electron chi connectivity index (χ2n) is 5.58. The zero-order valence-electron chi connectivity index (χ0n) is 13.0. The molecule has 0 aromatic heterocycles. The third-order valence-corrected chi connectivity index (χ3v) is 4.08. The third-order valence-electron chi connectivity index (χ3n) is 4.08. The van der Waals surface area contributed by atoms with Crippen LogP contribution in [0.15, 0.2) is 43.0 Å². The molecular formula is C18H24N2O2. The van der Waals surface area contributed by atoms with Crippen molar-refractivity contribution in [2.75, 3.05) is 7.11 Å². The van der Waals surface area contributed by atoms with Crippen LogP contribution in [0.4, 0.5) is 0 Å². The molecule has 1 amide bonds. The van der Waals surface area contributed by atoms with E-state index in [2.05, 4.69) is 24.0 Å². The van der Waals surface area contributed by atoms with Crippen LogP contribution in [0, 0.1) is 5.92 Å². The predicted octanol–water partition coefficient (Wildman–Crippen LogP) is 2.33. The maximum atomic E-state index is 11.5. The van der Waals surface area contributed by atoms with E-state index in [1.54, 1.807) is 7.11 Å². The van der Waals surface area contributed by atoms with Crippen LogP contribution in [0.25, 0.3) is 0 Å². The van der Waals surface area contributed by atoms with Gasteiger partial charge >= 0.3 is 0 Å². The highest BCUT2D eigenvalue weighted by atomic mass is 16.5. The molecule has 22 heavy (non-hydrogen) atoms. The summed E-state index contributed by atoms with van der Waals surface area (Å²) in [5.74, 6) is 0.513. The van der Waals surface area contributed by atoms with Crippen LogP contribution in [0.5, 0.6) is 5.75 Å². The van der Waals surface area contributed by atoms with Gasteiger partial charge in [-0.1, -0.05) is 30.4 Å². The van der Waals surface area contributed by atoms with Gasteiger partial charge in [-0.15, -0.1) is 6.58 Å². The van der Waals surface area contributed by atoms with Gasteiger partial charge in [0.05, 0.1) is 13.0 Å². The number of nitrogens with one attached hydrogen (secondary N) is 1. The lowest BCUT2D eigenvalue weighted by Crippen LogP contribution is -2.43. The second-order valence-corrected chi connectivity index (χ2v) is 5.58. The molecule has 3 N–H and O–H groups in total. The molecule has 1 aliphatic rings. The fraction of sp³-hybridized carbons (Fsp3) is 0.389. The minimum absolute atomic E-state index is 0.104. The quantitative estimate of drug-likeness (QED) is 0.760.